The number of rotatable bonds is 3. The van der Waals surface area contributed by atoms with Gasteiger partial charge in [-0.05, 0) is 60.9 Å². The molecule has 4 heteroatoms. The van der Waals surface area contributed by atoms with Crippen LogP contribution < -0.4 is 0 Å². The van der Waals surface area contributed by atoms with E-state index in [9.17, 15) is 4.79 Å². The molecule has 4 rings (SSSR count). The molecular weight excluding hydrogens is 358 g/mol. The summed E-state index contributed by atoms with van der Waals surface area (Å²) in [6.07, 6.45) is 5.97. The van der Waals surface area contributed by atoms with Crippen LogP contribution in [0.3, 0.4) is 0 Å². The van der Waals surface area contributed by atoms with Crippen molar-refractivity contribution in [2.24, 2.45) is 0 Å². The quantitative estimate of drug-likeness (QED) is 0.652. The molecular formula is C23H24ClNO2. The van der Waals surface area contributed by atoms with Crippen LogP contribution in [0.1, 0.15) is 42.4 Å². The highest BCUT2D eigenvalue weighted by molar-refractivity contribution is 6.32. The lowest BCUT2D eigenvalue weighted by molar-refractivity contribution is 0.0510. The fourth-order valence-electron chi connectivity index (χ4n) is 4.19. The first kappa shape index (κ1) is 18.1. The molecule has 0 saturated carbocycles. The molecule has 2 aromatic carbocycles. The largest absolute Gasteiger partial charge is 0.445 e. The number of ether oxygens (including phenoxy) is 1. The van der Waals surface area contributed by atoms with Crippen LogP contribution in [0, 0.1) is 6.92 Å². The van der Waals surface area contributed by atoms with Crippen LogP contribution in [0.5, 0.6) is 0 Å². The monoisotopic (exact) mass is 381 g/mol. The molecule has 2 aliphatic rings. The second kappa shape index (κ2) is 7.77. The van der Waals surface area contributed by atoms with Crippen LogP contribution in [0.15, 0.2) is 54.6 Å². The van der Waals surface area contributed by atoms with Gasteiger partial charge < -0.3 is 4.74 Å². The van der Waals surface area contributed by atoms with Crippen molar-refractivity contribution in [1.29, 1.82) is 0 Å². The SMILES string of the molecule is Cc1ccc(C2=CC3CCCC(C2)N3C(=O)OCc2ccccc2)c(Cl)c1. The number of benzene rings is 2. The third-order valence-electron chi connectivity index (χ3n) is 5.52. The van der Waals surface area contributed by atoms with E-state index in [2.05, 4.69) is 18.2 Å². The maximum absolute atomic E-state index is 12.8. The van der Waals surface area contributed by atoms with Gasteiger partial charge in [0.25, 0.3) is 0 Å². The van der Waals surface area contributed by atoms with E-state index in [4.69, 9.17) is 16.3 Å². The van der Waals surface area contributed by atoms with Crippen LogP contribution >= 0.6 is 11.6 Å². The molecule has 2 heterocycles. The van der Waals surface area contributed by atoms with Gasteiger partial charge in [-0.2, -0.15) is 0 Å². The summed E-state index contributed by atoms with van der Waals surface area (Å²) in [6, 6.07) is 16.3. The van der Waals surface area contributed by atoms with Gasteiger partial charge in [-0.1, -0.05) is 60.1 Å². The van der Waals surface area contributed by atoms with Crippen LogP contribution in [0.4, 0.5) is 4.79 Å². The fraction of sp³-hybridized carbons (Fsp3) is 0.348. The average Bonchev–Trinajstić information content (AvgIpc) is 2.66. The number of aryl methyl sites for hydroxylation is 1. The molecule has 27 heavy (non-hydrogen) atoms. The van der Waals surface area contributed by atoms with Crippen molar-refractivity contribution in [3.63, 3.8) is 0 Å². The molecule has 1 fully saturated rings. The molecule has 0 N–H and O–H groups in total. The standard InChI is InChI=1S/C23H24ClNO2/c1-16-10-11-21(22(24)12-16)18-13-19-8-5-9-20(14-18)25(19)23(26)27-15-17-6-3-2-4-7-17/h2-4,6-7,10-13,19-20H,5,8-9,14-15H2,1H3. The minimum atomic E-state index is -0.209. The molecule has 1 saturated heterocycles. The third-order valence-corrected chi connectivity index (χ3v) is 5.84. The van der Waals surface area contributed by atoms with Crippen LogP contribution in [-0.2, 0) is 11.3 Å². The van der Waals surface area contributed by atoms with Crippen molar-refractivity contribution >= 4 is 23.3 Å². The predicted octanol–water partition coefficient (Wildman–Crippen LogP) is 6.00. The van der Waals surface area contributed by atoms with Crippen molar-refractivity contribution < 1.29 is 9.53 Å². The fourth-order valence-corrected chi connectivity index (χ4v) is 4.54. The van der Waals surface area contributed by atoms with Gasteiger partial charge in [0.2, 0.25) is 0 Å². The molecule has 140 valence electrons. The first-order chi connectivity index (χ1) is 13.1. The third kappa shape index (κ3) is 3.89. The lowest BCUT2D eigenvalue weighted by Gasteiger charge is -2.44. The predicted molar refractivity (Wildman–Crippen MR) is 109 cm³/mol. The van der Waals surface area contributed by atoms with E-state index in [1.165, 1.54) is 5.57 Å². The summed E-state index contributed by atoms with van der Waals surface area (Å²) in [4.78, 5) is 14.7. The molecule has 0 aromatic heterocycles. The Morgan fingerprint density at radius 2 is 2.00 bits per heavy atom. The van der Waals surface area contributed by atoms with Gasteiger partial charge in [0.15, 0.2) is 0 Å². The number of halogens is 1. The van der Waals surface area contributed by atoms with Gasteiger partial charge in [0.05, 0.1) is 6.04 Å². The highest BCUT2D eigenvalue weighted by Crippen LogP contribution is 2.39. The minimum Gasteiger partial charge on any atom is -0.445 e. The Hall–Kier alpha value is -2.26. The Morgan fingerprint density at radius 1 is 1.19 bits per heavy atom. The van der Waals surface area contributed by atoms with Crippen molar-refractivity contribution in [1.82, 2.24) is 4.90 Å². The normalized spacial score (nSPS) is 21.6. The van der Waals surface area contributed by atoms with Crippen LogP contribution in [0.2, 0.25) is 5.02 Å². The van der Waals surface area contributed by atoms with Crippen LogP contribution in [0.25, 0.3) is 5.57 Å². The Kier molecular flexibility index (Phi) is 5.22. The molecule has 0 radical (unpaired) electrons. The maximum atomic E-state index is 12.8. The zero-order valence-electron chi connectivity index (χ0n) is 15.5. The maximum Gasteiger partial charge on any atom is 0.410 e. The molecule has 2 unspecified atom stereocenters. The van der Waals surface area contributed by atoms with Gasteiger partial charge in [-0.25, -0.2) is 4.79 Å². The van der Waals surface area contributed by atoms with Crippen molar-refractivity contribution in [3.8, 4) is 0 Å². The molecule has 2 aromatic rings. The molecule has 0 spiro atoms. The number of carbonyl (C=O) groups is 1. The lowest BCUT2D eigenvalue weighted by atomic mass is 9.83. The first-order valence-electron chi connectivity index (χ1n) is 9.58. The highest BCUT2D eigenvalue weighted by atomic mass is 35.5. The van der Waals surface area contributed by atoms with E-state index in [0.717, 1.165) is 47.4 Å². The summed E-state index contributed by atoms with van der Waals surface area (Å²) in [6.45, 7) is 2.36. The molecule has 2 bridgehead atoms. The second-order valence-corrected chi connectivity index (χ2v) is 7.89. The van der Waals surface area contributed by atoms with Gasteiger partial charge >= 0.3 is 6.09 Å². The van der Waals surface area contributed by atoms with Gasteiger partial charge in [0, 0.05) is 11.1 Å². The number of nitrogens with zero attached hydrogens (tertiary/aromatic N) is 1. The number of piperidine rings is 1. The number of fused-ring (bicyclic) bond motifs is 2. The zero-order chi connectivity index (χ0) is 18.8. The molecule has 3 nitrogen and oxygen atoms in total. The second-order valence-electron chi connectivity index (χ2n) is 7.48. The first-order valence-corrected chi connectivity index (χ1v) is 9.96. The van der Waals surface area contributed by atoms with E-state index < -0.39 is 0 Å². The number of hydrogen-bond acceptors (Lipinski definition) is 2. The van der Waals surface area contributed by atoms with E-state index in [1.807, 2.05) is 48.2 Å². The summed E-state index contributed by atoms with van der Waals surface area (Å²) in [5.74, 6) is 0. The van der Waals surface area contributed by atoms with E-state index in [1.54, 1.807) is 0 Å². The summed E-state index contributed by atoms with van der Waals surface area (Å²) < 4.78 is 5.62. The average molecular weight is 382 g/mol. The number of hydrogen-bond donors (Lipinski definition) is 0. The summed E-state index contributed by atoms with van der Waals surface area (Å²) in [5.41, 5.74) is 4.51. The molecule has 2 aliphatic heterocycles. The molecule has 2 atom stereocenters. The minimum absolute atomic E-state index is 0.0909. The molecule has 1 amide bonds. The molecule has 0 aliphatic carbocycles. The Labute approximate surface area is 165 Å². The topological polar surface area (TPSA) is 29.5 Å². The van der Waals surface area contributed by atoms with Crippen molar-refractivity contribution in [2.75, 3.05) is 0 Å². The Bertz CT molecular complexity index is 862. The number of amides is 1. The van der Waals surface area contributed by atoms with Gasteiger partial charge in [-0.15, -0.1) is 0 Å². The summed E-state index contributed by atoms with van der Waals surface area (Å²) in [7, 11) is 0. The smallest absolute Gasteiger partial charge is 0.410 e. The summed E-state index contributed by atoms with van der Waals surface area (Å²) >= 11 is 6.49. The van der Waals surface area contributed by atoms with E-state index >= 15 is 0 Å². The van der Waals surface area contributed by atoms with Crippen LogP contribution in [-0.4, -0.2) is 23.1 Å². The van der Waals surface area contributed by atoms with Crippen molar-refractivity contribution in [2.45, 2.75) is 51.3 Å². The summed E-state index contributed by atoms with van der Waals surface area (Å²) in [5, 5.41) is 0.791. The van der Waals surface area contributed by atoms with E-state index in [0.29, 0.717) is 6.61 Å². The van der Waals surface area contributed by atoms with Gasteiger partial charge in [-0.3, -0.25) is 4.90 Å². The van der Waals surface area contributed by atoms with Crippen molar-refractivity contribution in [3.05, 3.63) is 76.3 Å². The Morgan fingerprint density at radius 3 is 2.74 bits per heavy atom. The van der Waals surface area contributed by atoms with Gasteiger partial charge in [0.1, 0.15) is 6.61 Å². The Balaban J connectivity index is 1.52. The van der Waals surface area contributed by atoms with E-state index in [-0.39, 0.29) is 18.2 Å². The lowest BCUT2D eigenvalue weighted by Crippen LogP contribution is -2.51. The highest BCUT2D eigenvalue weighted by Gasteiger charge is 2.38. The zero-order valence-corrected chi connectivity index (χ0v) is 16.3. The number of carbonyl (C=O) groups excluding carboxylic acids is 1.